The summed E-state index contributed by atoms with van der Waals surface area (Å²) < 4.78 is 0. The van der Waals surface area contributed by atoms with Gasteiger partial charge in [0.2, 0.25) is 0 Å². The second-order valence-corrected chi connectivity index (χ2v) is 4.49. The number of aromatic nitrogens is 1. The molecule has 1 atom stereocenters. The Morgan fingerprint density at radius 2 is 1.94 bits per heavy atom. The smallest absolute Gasteiger partial charge is 0.0323 e. The monoisotopic (exact) mass is 240 g/mol. The topological polar surface area (TPSA) is 24.9 Å². The largest absolute Gasteiger partial charge is 0.306 e. The van der Waals surface area contributed by atoms with E-state index in [-0.39, 0.29) is 0 Å². The van der Waals surface area contributed by atoms with E-state index in [4.69, 9.17) is 0 Å². The van der Waals surface area contributed by atoms with Gasteiger partial charge in [-0.3, -0.25) is 4.98 Å². The van der Waals surface area contributed by atoms with Gasteiger partial charge in [-0.1, -0.05) is 49.7 Å². The molecule has 0 saturated heterocycles. The maximum atomic E-state index is 4.14. The van der Waals surface area contributed by atoms with Crippen LogP contribution in [0.3, 0.4) is 0 Å². The molecular formula is C16H20N2. The molecule has 1 heterocycles. The molecule has 0 spiro atoms. The molecule has 2 nitrogen and oxygen atoms in total. The van der Waals surface area contributed by atoms with E-state index in [1.807, 2.05) is 18.5 Å². The predicted molar refractivity (Wildman–Crippen MR) is 75.2 cm³/mol. The Balaban J connectivity index is 1.99. The molecule has 1 aromatic carbocycles. The average molecular weight is 240 g/mol. The van der Waals surface area contributed by atoms with Gasteiger partial charge in [0, 0.05) is 25.0 Å². The Bertz CT molecular complexity index is 439. The van der Waals surface area contributed by atoms with Gasteiger partial charge in [0.1, 0.15) is 0 Å². The Hall–Kier alpha value is -1.67. The summed E-state index contributed by atoms with van der Waals surface area (Å²) in [6.45, 7) is 3.09. The van der Waals surface area contributed by atoms with Crippen LogP contribution < -0.4 is 5.32 Å². The summed E-state index contributed by atoms with van der Waals surface area (Å²) in [6.07, 6.45) is 6.06. The van der Waals surface area contributed by atoms with Gasteiger partial charge >= 0.3 is 0 Å². The van der Waals surface area contributed by atoms with Crippen molar-refractivity contribution in [3.05, 3.63) is 66.0 Å². The highest BCUT2D eigenvalue weighted by molar-refractivity contribution is 5.19. The molecule has 0 radical (unpaired) electrons. The third-order valence-electron chi connectivity index (χ3n) is 3.05. The molecule has 1 aromatic heterocycles. The predicted octanol–water partition coefficient (Wildman–Crippen LogP) is 3.71. The summed E-state index contributed by atoms with van der Waals surface area (Å²) in [5.74, 6) is 0. The SMILES string of the molecule is CCC[C@H](NCc1cccnc1)c1ccccc1. The Labute approximate surface area is 109 Å². The van der Waals surface area contributed by atoms with Gasteiger partial charge in [0.15, 0.2) is 0 Å². The first kappa shape index (κ1) is 12.8. The van der Waals surface area contributed by atoms with Gasteiger partial charge in [-0.2, -0.15) is 0 Å². The highest BCUT2D eigenvalue weighted by Crippen LogP contribution is 2.18. The molecule has 0 aliphatic heterocycles. The molecule has 0 amide bonds. The molecule has 2 aromatic rings. The van der Waals surface area contributed by atoms with Crippen LogP contribution in [0.2, 0.25) is 0 Å². The second-order valence-electron chi connectivity index (χ2n) is 4.49. The molecule has 2 rings (SSSR count). The fourth-order valence-corrected chi connectivity index (χ4v) is 2.10. The van der Waals surface area contributed by atoms with Gasteiger partial charge in [-0.05, 0) is 23.6 Å². The van der Waals surface area contributed by atoms with Crippen LogP contribution >= 0.6 is 0 Å². The van der Waals surface area contributed by atoms with Crippen molar-refractivity contribution < 1.29 is 0 Å². The highest BCUT2D eigenvalue weighted by atomic mass is 14.9. The Morgan fingerprint density at radius 1 is 1.11 bits per heavy atom. The van der Waals surface area contributed by atoms with E-state index >= 15 is 0 Å². The zero-order chi connectivity index (χ0) is 12.6. The maximum Gasteiger partial charge on any atom is 0.0323 e. The third-order valence-corrected chi connectivity index (χ3v) is 3.05. The number of rotatable bonds is 6. The van der Waals surface area contributed by atoms with Crippen LogP contribution in [0.5, 0.6) is 0 Å². The van der Waals surface area contributed by atoms with Gasteiger partial charge in [0.05, 0.1) is 0 Å². The van der Waals surface area contributed by atoms with E-state index in [0.29, 0.717) is 6.04 Å². The van der Waals surface area contributed by atoms with Crippen molar-refractivity contribution in [1.29, 1.82) is 0 Å². The van der Waals surface area contributed by atoms with Gasteiger partial charge in [-0.25, -0.2) is 0 Å². The van der Waals surface area contributed by atoms with Crippen LogP contribution in [-0.4, -0.2) is 4.98 Å². The van der Waals surface area contributed by atoms with Crippen LogP contribution in [0.4, 0.5) is 0 Å². The number of hydrogen-bond donors (Lipinski definition) is 1. The zero-order valence-corrected chi connectivity index (χ0v) is 10.8. The quantitative estimate of drug-likeness (QED) is 0.832. The molecule has 0 unspecified atom stereocenters. The summed E-state index contributed by atoms with van der Waals surface area (Å²) in [5.41, 5.74) is 2.60. The molecule has 0 saturated carbocycles. The Kier molecular flexibility index (Phi) is 4.91. The van der Waals surface area contributed by atoms with Gasteiger partial charge in [-0.15, -0.1) is 0 Å². The first-order valence-electron chi connectivity index (χ1n) is 6.57. The van der Waals surface area contributed by atoms with Crippen molar-refractivity contribution in [3.63, 3.8) is 0 Å². The summed E-state index contributed by atoms with van der Waals surface area (Å²) >= 11 is 0. The van der Waals surface area contributed by atoms with Crippen molar-refractivity contribution >= 4 is 0 Å². The number of pyridine rings is 1. The summed E-state index contributed by atoms with van der Waals surface area (Å²) in [4.78, 5) is 4.14. The fourth-order valence-electron chi connectivity index (χ4n) is 2.10. The second kappa shape index (κ2) is 6.92. The minimum Gasteiger partial charge on any atom is -0.306 e. The maximum absolute atomic E-state index is 4.14. The summed E-state index contributed by atoms with van der Waals surface area (Å²) in [5, 5.41) is 3.61. The van der Waals surface area contributed by atoms with E-state index in [0.717, 1.165) is 13.0 Å². The van der Waals surface area contributed by atoms with E-state index in [1.165, 1.54) is 17.5 Å². The van der Waals surface area contributed by atoms with Crippen molar-refractivity contribution in [2.24, 2.45) is 0 Å². The van der Waals surface area contributed by atoms with Crippen LogP contribution in [0.25, 0.3) is 0 Å². The lowest BCUT2D eigenvalue weighted by molar-refractivity contribution is 0.493. The fraction of sp³-hybridized carbons (Fsp3) is 0.312. The molecule has 0 bridgehead atoms. The van der Waals surface area contributed by atoms with Gasteiger partial charge in [0.25, 0.3) is 0 Å². The lowest BCUT2D eigenvalue weighted by Gasteiger charge is -2.18. The Morgan fingerprint density at radius 3 is 2.61 bits per heavy atom. The van der Waals surface area contributed by atoms with Crippen molar-refractivity contribution in [2.45, 2.75) is 32.4 Å². The lowest BCUT2D eigenvalue weighted by atomic mass is 10.0. The van der Waals surface area contributed by atoms with E-state index < -0.39 is 0 Å². The average Bonchev–Trinajstić information content (AvgIpc) is 2.45. The van der Waals surface area contributed by atoms with Crippen LogP contribution in [-0.2, 0) is 6.54 Å². The van der Waals surface area contributed by atoms with Crippen LogP contribution in [0, 0.1) is 0 Å². The molecule has 1 N–H and O–H groups in total. The molecule has 18 heavy (non-hydrogen) atoms. The molecule has 2 heteroatoms. The first-order valence-corrected chi connectivity index (χ1v) is 6.57. The van der Waals surface area contributed by atoms with Crippen molar-refractivity contribution in [1.82, 2.24) is 10.3 Å². The number of nitrogens with one attached hydrogen (secondary N) is 1. The van der Waals surface area contributed by atoms with Crippen molar-refractivity contribution in [2.75, 3.05) is 0 Å². The van der Waals surface area contributed by atoms with Gasteiger partial charge < -0.3 is 5.32 Å². The highest BCUT2D eigenvalue weighted by Gasteiger charge is 2.09. The number of hydrogen-bond acceptors (Lipinski definition) is 2. The lowest BCUT2D eigenvalue weighted by Crippen LogP contribution is -2.20. The third kappa shape index (κ3) is 3.67. The molecule has 0 aliphatic rings. The van der Waals surface area contributed by atoms with E-state index in [1.54, 1.807) is 0 Å². The standard InChI is InChI=1S/C16H20N2/c1-2-7-16(15-9-4-3-5-10-15)18-13-14-8-6-11-17-12-14/h3-6,8-12,16,18H,2,7,13H2,1H3/t16-/m0/s1. The molecule has 0 aliphatic carbocycles. The van der Waals surface area contributed by atoms with Crippen LogP contribution in [0.15, 0.2) is 54.9 Å². The van der Waals surface area contributed by atoms with Crippen LogP contribution in [0.1, 0.15) is 36.9 Å². The number of nitrogens with zero attached hydrogens (tertiary/aromatic N) is 1. The molecule has 0 fully saturated rings. The first-order chi connectivity index (χ1) is 8.90. The summed E-state index contributed by atoms with van der Waals surface area (Å²) in [7, 11) is 0. The van der Waals surface area contributed by atoms with Crippen molar-refractivity contribution in [3.8, 4) is 0 Å². The molecular weight excluding hydrogens is 220 g/mol. The minimum absolute atomic E-state index is 0.427. The normalized spacial score (nSPS) is 12.3. The number of benzene rings is 1. The van der Waals surface area contributed by atoms with E-state index in [2.05, 4.69) is 53.6 Å². The zero-order valence-electron chi connectivity index (χ0n) is 10.8. The minimum atomic E-state index is 0.427. The molecule has 94 valence electrons. The van der Waals surface area contributed by atoms with E-state index in [9.17, 15) is 0 Å². The summed E-state index contributed by atoms with van der Waals surface area (Å²) in [6, 6.07) is 15.2.